The normalized spacial score (nSPS) is 14.8. The molecular formula is C16H19ClN4O3S. The fourth-order valence-electron chi connectivity index (χ4n) is 2.82. The van der Waals surface area contributed by atoms with Crippen molar-refractivity contribution in [3.8, 4) is 0 Å². The van der Waals surface area contributed by atoms with Gasteiger partial charge in [0, 0.05) is 26.2 Å². The van der Waals surface area contributed by atoms with E-state index in [1.54, 1.807) is 4.90 Å². The van der Waals surface area contributed by atoms with Gasteiger partial charge in [0.25, 0.3) is 0 Å². The van der Waals surface area contributed by atoms with Gasteiger partial charge in [0.2, 0.25) is 11.7 Å². The molecule has 0 atom stereocenters. The Bertz CT molecular complexity index is 802. The van der Waals surface area contributed by atoms with Gasteiger partial charge in [0.1, 0.15) is 15.5 Å². The number of thiophene rings is 1. The van der Waals surface area contributed by atoms with Crippen LogP contribution in [-0.4, -0.2) is 60.0 Å². The molecule has 7 nitrogen and oxygen atoms in total. The van der Waals surface area contributed by atoms with Gasteiger partial charge in [-0.15, -0.1) is 11.3 Å². The molecule has 1 amide bonds. The van der Waals surface area contributed by atoms with Crippen LogP contribution in [0.3, 0.4) is 0 Å². The van der Waals surface area contributed by atoms with Crippen molar-refractivity contribution in [2.75, 3.05) is 37.7 Å². The highest BCUT2D eigenvalue weighted by atomic mass is 35.5. The molecule has 1 fully saturated rings. The zero-order valence-electron chi connectivity index (χ0n) is 14.1. The largest absolute Gasteiger partial charge is 0.462 e. The van der Waals surface area contributed by atoms with Crippen molar-refractivity contribution < 1.29 is 14.3 Å². The van der Waals surface area contributed by atoms with Crippen LogP contribution < -0.4 is 4.90 Å². The van der Waals surface area contributed by atoms with E-state index in [1.807, 2.05) is 13.8 Å². The SMILES string of the molecule is CCCOC(=O)c1sc2nc(Cl)nc(N3CCN(C=O)CC3)c2c1C. The van der Waals surface area contributed by atoms with Gasteiger partial charge < -0.3 is 14.5 Å². The maximum Gasteiger partial charge on any atom is 0.348 e. The van der Waals surface area contributed by atoms with Crippen LogP contribution in [0.1, 0.15) is 28.6 Å². The summed E-state index contributed by atoms with van der Waals surface area (Å²) >= 11 is 7.38. The first-order valence-electron chi connectivity index (χ1n) is 8.13. The summed E-state index contributed by atoms with van der Waals surface area (Å²) in [5.74, 6) is 0.374. The van der Waals surface area contributed by atoms with Gasteiger partial charge in [-0.25, -0.2) is 9.78 Å². The average molecular weight is 383 g/mol. The van der Waals surface area contributed by atoms with Crippen molar-refractivity contribution in [1.82, 2.24) is 14.9 Å². The molecule has 0 unspecified atom stereocenters. The Morgan fingerprint density at radius 2 is 2.04 bits per heavy atom. The number of esters is 1. The predicted octanol–water partition coefficient (Wildman–Crippen LogP) is 2.50. The minimum atomic E-state index is -0.338. The molecule has 0 bridgehead atoms. The van der Waals surface area contributed by atoms with Crippen LogP contribution in [0.5, 0.6) is 0 Å². The molecule has 1 saturated heterocycles. The van der Waals surface area contributed by atoms with E-state index >= 15 is 0 Å². The summed E-state index contributed by atoms with van der Waals surface area (Å²) < 4.78 is 5.26. The van der Waals surface area contributed by atoms with Crippen LogP contribution in [0, 0.1) is 6.92 Å². The molecule has 3 rings (SSSR count). The fourth-order valence-corrected chi connectivity index (χ4v) is 4.10. The summed E-state index contributed by atoms with van der Waals surface area (Å²) in [4.78, 5) is 36.9. The van der Waals surface area contributed by atoms with Gasteiger partial charge in [-0.05, 0) is 30.5 Å². The molecule has 1 aliphatic heterocycles. The second-order valence-corrected chi connectivity index (χ2v) is 7.15. The molecule has 0 saturated carbocycles. The Hall–Kier alpha value is -1.93. The lowest BCUT2D eigenvalue weighted by atomic mass is 10.2. The van der Waals surface area contributed by atoms with Crippen molar-refractivity contribution in [2.24, 2.45) is 0 Å². The summed E-state index contributed by atoms with van der Waals surface area (Å²) in [6, 6.07) is 0. The third-order valence-electron chi connectivity index (χ3n) is 4.13. The quantitative estimate of drug-likeness (QED) is 0.449. The second-order valence-electron chi connectivity index (χ2n) is 5.82. The molecule has 2 aromatic rings. The van der Waals surface area contributed by atoms with Gasteiger partial charge in [0.05, 0.1) is 12.0 Å². The summed E-state index contributed by atoms with van der Waals surface area (Å²) in [7, 11) is 0. The van der Waals surface area contributed by atoms with Crippen molar-refractivity contribution in [3.05, 3.63) is 15.7 Å². The van der Waals surface area contributed by atoms with Gasteiger partial charge in [-0.1, -0.05) is 6.92 Å². The first-order chi connectivity index (χ1) is 12.0. The molecule has 134 valence electrons. The standard InChI is InChI=1S/C16H19ClN4O3S/c1-3-8-24-15(23)12-10(2)11-13(18-16(17)19-14(11)25-12)21-6-4-20(9-22)5-7-21/h9H,3-8H2,1-2H3. The van der Waals surface area contributed by atoms with Gasteiger partial charge in [0.15, 0.2) is 0 Å². The lowest BCUT2D eigenvalue weighted by Crippen LogP contribution is -2.46. The van der Waals surface area contributed by atoms with Crippen LogP contribution in [0.2, 0.25) is 5.28 Å². The van der Waals surface area contributed by atoms with E-state index in [-0.39, 0.29) is 11.3 Å². The third-order valence-corrected chi connectivity index (χ3v) is 5.46. The molecule has 9 heteroatoms. The number of halogens is 1. The van der Waals surface area contributed by atoms with E-state index in [2.05, 4.69) is 14.9 Å². The van der Waals surface area contributed by atoms with Gasteiger partial charge in [-0.3, -0.25) is 4.79 Å². The van der Waals surface area contributed by atoms with Crippen LogP contribution in [0.15, 0.2) is 0 Å². The lowest BCUT2D eigenvalue weighted by Gasteiger charge is -2.33. The number of aryl methyl sites for hydroxylation is 1. The number of carbonyl (C=O) groups excluding carboxylic acids is 2. The van der Waals surface area contributed by atoms with Crippen LogP contribution in [0.25, 0.3) is 10.2 Å². The minimum Gasteiger partial charge on any atom is -0.462 e. The number of amides is 1. The van der Waals surface area contributed by atoms with Crippen LogP contribution >= 0.6 is 22.9 Å². The predicted molar refractivity (Wildman–Crippen MR) is 97.6 cm³/mol. The molecule has 0 N–H and O–H groups in total. The number of carbonyl (C=O) groups is 2. The number of nitrogens with zero attached hydrogens (tertiary/aromatic N) is 4. The number of piperazine rings is 1. The molecule has 0 radical (unpaired) electrons. The number of anilines is 1. The number of rotatable bonds is 5. The number of fused-ring (bicyclic) bond motifs is 1. The van der Waals surface area contributed by atoms with E-state index in [0.717, 1.165) is 23.8 Å². The first kappa shape index (κ1) is 17.9. The van der Waals surface area contributed by atoms with Gasteiger partial charge in [-0.2, -0.15) is 4.98 Å². The molecular weight excluding hydrogens is 364 g/mol. The molecule has 0 aromatic carbocycles. The summed E-state index contributed by atoms with van der Waals surface area (Å²) in [5.41, 5.74) is 0.811. The summed E-state index contributed by atoms with van der Waals surface area (Å²) in [5, 5.41) is 0.979. The van der Waals surface area contributed by atoms with Crippen molar-refractivity contribution >= 4 is 51.4 Å². The highest BCUT2D eigenvalue weighted by molar-refractivity contribution is 7.20. The molecule has 0 aliphatic carbocycles. The zero-order chi connectivity index (χ0) is 18.0. The zero-order valence-corrected chi connectivity index (χ0v) is 15.7. The monoisotopic (exact) mass is 382 g/mol. The lowest BCUT2D eigenvalue weighted by molar-refractivity contribution is -0.118. The Morgan fingerprint density at radius 3 is 2.68 bits per heavy atom. The maximum absolute atomic E-state index is 12.3. The van der Waals surface area contributed by atoms with E-state index in [9.17, 15) is 9.59 Å². The van der Waals surface area contributed by atoms with E-state index in [1.165, 1.54) is 11.3 Å². The van der Waals surface area contributed by atoms with Crippen LogP contribution in [0.4, 0.5) is 5.82 Å². The minimum absolute atomic E-state index is 0.148. The Morgan fingerprint density at radius 1 is 1.32 bits per heavy atom. The molecule has 25 heavy (non-hydrogen) atoms. The summed E-state index contributed by atoms with van der Waals surface area (Å²) in [6.45, 7) is 6.79. The van der Waals surface area contributed by atoms with Gasteiger partial charge >= 0.3 is 5.97 Å². The Balaban J connectivity index is 2.00. The number of aromatic nitrogens is 2. The maximum atomic E-state index is 12.3. The summed E-state index contributed by atoms with van der Waals surface area (Å²) in [6.07, 6.45) is 1.63. The second kappa shape index (κ2) is 7.53. The molecule has 1 aliphatic rings. The highest BCUT2D eigenvalue weighted by Crippen LogP contribution is 2.36. The average Bonchev–Trinajstić information content (AvgIpc) is 2.95. The van der Waals surface area contributed by atoms with Crippen molar-refractivity contribution in [3.63, 3.8) is 0 Å². The molecule has 3 heterocycles. The molecule has 0 spiro atoms. The molecule has 2 aromatic heterocycles. The van der Waals surface area contributed by atoms with E-state index in [0.29, 0.717) is 48.3 Å². The highest BCUT2D eigenvalue weighted by Gasteiger charge is 2.25. The van der Waals surface area contributed by atoms with E-state index < -0.39 is 0 Å². The fraction of sp³-hybridized carbons (Fsp3) is 0.500. The third kappa shape index (κ3) is 3.55. The van der Waals surface area contributed by atoms with Crippen LogP contribution in [-0.2, 0) is 9.53 Å². The number of hydrogen-bond donors (Lipinski definition) is 0. The number of hydrogen-bond acceptors (Lipinski definition) is 7. The van der Waals surface area contributed by atoms with Crippen molar-refractivity contribution in [2.45, 2.75) is 20.3 Å². The van der Waals surface area contributed by atoms with E-state index in [4.69, 9.17) is 16.3 Å². The topological polar surface area (TPSA) is 75.6 Å². The first-order valence-corrected chi connectivity index (χ1v) is 9.32. The number of ether oxygens (including phenoxy) is 1. The van der Waals surface area contributed by atoms with Crippen molar-refractivity contribution in [1.29, 1.82) is 0 Å². The smallest absolute Gasteiger partial charge is 0.348 e. The Labute approximate surface area is 154 Å². The Kier molecular flexibility index (Phi) is 5.39.